The number of aryl methyl sites for hydroxylation is 1. The summed E-state index contributed by atoms with van der Waals surface area (Å²) in [6, 6.07) is 0. The minimum atomic E-state index is 0.285. The number of aliphatic imine (C=N–C) groups is 1. The van der Waals surface area contributed by atoms with E-state index in [2.05, 4.69) is 43.6 Å². The van der Waals surface area contributed by atoms with Crippen LogP contribution in [0.2, 0.25) is 0 Å². The van der Waals surface area contributed by atoms with Gasteiger partial charge in [0.1, 0.15) is 12.2 Å². The largest absolute Gasteiger partial charge is 0.356 e. The lowest BCUT2D eigenvalue weighted by Gasteiger charge is -2.15. The Kier molecular flexibility index (Phi) is 10.0. The molecule has 1 saturated heterocycles. The monoisotopic (exact) mass is 395 g/mol. The van der Waals surface area contributed by atoms with Crippen molar-refractivity contribution in [2.45, 2.75) is 45.6 Å². The van der Waals surface area contributed by atoms with Crippen molar-refractivity contribution in [1.82, 2.24) is 30.3 Å². The molecule has 0 bridgehead atoms. The van der Waals surface area contributed by atoms with E-state index in [0.29, 0.717) is 13.0 Å². The summed E-state index contributed by atoms with van der Waals surface area (Å²) in [7, 11) is 0. The highest BCUT2D eigenvalue weighted by molar-refractivity contribution is 7.98. The fraction of sp³-hybridized carbons (Fsp3) is 0.778. The standard InChI is InChI=1S/C18H33N7OS/c1-3-16-23-22-15-25(16)13-10-21-18(20-9-6-14-27-2)19-8-5-12-24-11-4-7-17(24)26/h15H,3-14H2,1-2H3,(H2,19,20,21). The Morgan fingerprint density at radius 3 is 2.89 bits per heavy atom. The Morgan fingerprint density at radius 1 is 1.30 bits per heavy atom. The van der Waals surface area contributed by atoms with Crippen LogP contribution in [-0.2, 0) is 17.8 Å². The van der Waals surface area contributed by atoms with Gasteiger partial charge in [-0.15, -0.1) is 10.2 Å². The summed E-state index contributed by atoms with van der Waals surface area (Å²) in [6.07, 6.45) is 8.48. The van der Waals surface area contributed by atoms with Crippen molar-refractivity contribution in [3.05, 3.63) is 12.2 Å². The van der Waals surface area contributed by atoms with Gasteiger partial charge in [0.2, 0.25) is 5.91 Å². The van der Waals surface area contributed by atoms with E-state index in [-0.39, 0.29) is 5.91 Å². The molecule has 0 saturated carbocycles. The summed E-state index contributed by atoms with van der Waals surface area (Å²) >= 11 is 1.85. The molecular formula is C18H33N7OS. The third kappa shape index (κ3) is 7.78. The summed E-state index contributed by atoms with van der Waals surface area (Å²) < 4.78 is 2.07. The molecule has 0 radical (unpaired) electrons. The summed E-state index contributed by atoms with van der Waals surface area (Å²) in [6.45, 7) is 6.99. The second kappa shape index (κ2) is 12.6. The van der Waals surface area contributed by atoms with E-state index in [4.69, 9.17) is 0 Å². The number of amides is 1. The van der Waals surface area contributed by atoms with Gasteiger partial charge in [-0.25, -0.2) is 0 Å². The summed E-state index contributed by atoms with van der Waals surface area (Å²) in [5, 5.41) is 14.9. The fourth-order valence-electron chi connectivity index (χ4n) is 3.02. The predicted octanol–water partition coefficient (Wildman–Crippen LogP) is 1.14. The second-order valence-electron chi connectivity index (χ2n) is 6.56. The van der Waals surface area contributed by atoms with Gasteiger partial charge in [-0.2, -0.15) is 11.8 Å². The van der Waals surface area contributed by atoms with Crippen LogP contribution in [0.5, 0.6) is 0 Å². The Balaban J connectivity index is 1.75. The van der Waals surface area contributed by atoms with E-state index in [1.165, 1.54) is 0 Å². The van der Waals surface area contributed by atoms with Crippen molar-refractivity contribution < 1.29 is 4.79 Å². The van der Waals surface area contributed by atoms with Crippen LogP contribution in [0.25, 0.3) is 0 Å². The van der Waals surface area contributed by atoms with E-state index >= 15 is 0 Å². The van der Waals surface area contributed by atoms with Crippen molar-refractivity contribution in [3.63, 3.8) is 0 Å². The van der Waals surface area contributed by atoms with Gasteiger partial charge in [-0.1, -0.05) is 6.92 Å². The quantitative estimate of drug-likeness (QED) is 0.314. The Morgan fingerprint density at radius 2 is 2.15 bits per heavy atom. The number of thioether (sulfide) groups is 1. The van der Waals surface area contributed by atoms with E-state index in [1.807, 2.05) is 16.7 Å². The van der Waals surface area contributed by atoms with Crippen molar-refractivity contribution in [2.75, 3.05) is 44.7 Å². The van der Waals surface area contributed by atoms with Crippen molar-refractivity contribution in [1.29, 1.82) is 0 Å². The molecule has 27 heavy (non-hydrogen) atoms. The molecule has 1 aromatic rings. The Labute approximate surface area is 166 Å². The average Bonchev–Trinajstić information content (AvgIpc) is 3.30. The highest BCUT2D eigenvalue weighted by atomic mass is 32.2. The number of nitrogens with zero attached hydrogens (tertiary/aromatic N) is 5. The van der Waals surface area contributed by atoms with Gasteiger partial charge in [-0.3, -0.25) is 9.79 Å². The molecule has 152 valence electrons. The van der Waals surface area contributed by atoms with Gasteiger partial charge >= 0.3 is 0 Å². The molecule has 1 aliphatic heterocycles. The highest BCUT2D eigenvalue weighted by Gasteiger charge is 2.18. The topological polar surface area (TPSA) is 87.4 Å². The van der Waals surface area contributed by atoms with Crippen LogP contribution in [0.4, 0.5) is 0 Å². The van der Waals surface area contributed by atoms with Crippen LogP contribution >= 0.6 is 11.8 Å². The van der Waals surface area contributed by atoms with Crippen LogP contribution in [0.15, 0.2) is 11.3 Å². The number of rotatable bonds is 12. The number of nitrogens with one attached hydrogen (secondary N) is 2. The zero-order valence-corrected chi connectivity index (χ0v) is 17.4. The maximum absolute atomic E-state index is 11.7. The van der Waals surface area contributed by atoms with Gasteiger partial charge in [0, 0.05) is 52.1 Å². The normalized spacial score (nSPS) is 14.8. The molecule has 1 aromatic heterocycles. The minimum absolute atomic E-state index is 0.285. The van der Waals surface area contributed by atoms with E-state index < -0.39 is 0 Å². The molecule has 0 aliphatic carbocycles. The lowest BCUT2D eigenvalue weighted by molar-refractivity contribution is -0.127. The molecule has 1 aliphatic rings. The molecule has 0 aromatic carbocycles. The maximum atomic E-state index is 11.7. The molecule has 0 spiro atoms. The Bertz CT molecular complexity index is 590. The van der Waals surface area contributed by atoms with Gasteiger partial charge < -0.3 is 20.1 Å². The van der Waals surface area contributed by atoms with Crippen LogP contribution in [0.3, 0.4) is 0 Å². The smallest absolute Gasteiger partial charge is 0.222 e. The first-order valence-corrected chi connectivity index (χ1v) is 11.3. The summed E-state index contributed by atoms with van der Waals surface area (Å²) in [5.41, 5.74) is 0. The molecule has 1 fully saturated rings. The highest BCUT2D eigenvalue weighted by Crippen LogP contribution is 2.09. The fourth-order valence-corrected chi connectivity index (χ4v) is 3.46. The number of guanidine groups is 1. The van der Waals surface area contributed by atoms with Crippen molar-refractivity contribution in [2.24, 2.45) is 4.99 Å². The molecule has 1 amide bonds. The number of hydrogen-bond acceptors (Lipinski definition) is 5. The second-order valence-corrected chi connectivity index (χ2v) is 7.55. The van der Waals surface area contributed by atoms with Gasteiger partial charge in [0.25, 0.3) is 0 Å². The first-order valence-electron chi connectivity index (χ1n) is 9.90. The molecule has 8 nitrogen and oxygen atoms in total. The maximum Gasteiger partial charge on any atom is 0.222 e. The van der Waals surface area contributed by atoms with E-state index in [9.17, 15) is 4.79 Å². The summed E-state index contributed by atoms with van der Waals surface area (Å²) in [4.78, 5) is 18.3. The molecule has 9 heteroatoms. The SMILES string of the molecule is CCc1nncn1CCNC(=NCCCN1CCCC1=O)NCCCSC. The number of carbonyl (C=O) groups is 1. The van der Waals surface area contributed by atoms with Gasteiger partial charge in [0.05, 0.1) is 0 Å². The molecule has 2 heterocycles. The predicted molar refractivity (Wildman–Crippen MR) is 111 cm³/mol. The summed E-state index contributed by atoms with van der Waals surface area (Å²) in [5.74, 6) is 3.26. The first kappa shape index (κ1) is 21.5. The third-order valence-electron chi connectivity index (χ3n) is 4.50. The zero-order chi connectivity index (χ0) is 19.3. The number of likely N-dealkylation sites (tertiary alicyclic amines) is 1. The van der Waals surface area contributed by atoms with Crippen LogP contribution in [0, 0.1) is 0 Å². The first-order chi connectivity index (χ1) is 13.2. The van der Waals surface area contributed by atoms with E-state index in [1.54, 1.807) is 6.33 Å². The lowest BCUT2D eigenvalue weighted by Crippen LogP contribution is -2.40. The molecule has 0 unspecified atom stereocenters. The van der Waals surface area contributed by atoms with Gasteiger partial charge in [-0.05, 0) is 31.3 Å². The van der Waals surface area contributed by atoms with Crippen molar-refractivity contribution >= 4 is 23.6 Å². The number of hydrogen-bond donors (Lipinski definition) is 2. The molecular weight excluding hydrogens is 362 g/mol. The zero-order valence-electron chi connectivity index (χ0n) is 16.6. The average molecular weight is 396 g/mol. The van der Waals surface area contributed by atoms with Crippen LogP contribution in [0.1, 0.15) is 38.4 Å². The van der Waals surface area contributed by atoms with Crippen LogP contribution < -0.4 is 10.6 Å². The molecule has 0 atom stereocenters. The molecule has 2 N–H and O–H groups in total. The molecule has 2 rings (SSSR count). The third-order valence-corrected chi connectivity index (χ3v) is 5.20. The number of carbonyl (C=O) groups excluding carboxylic acids is 1. The van der Waals surface area contributed by atoms with Crippen LogP contribution in [-0.4, -0.2) is 76.3 Å². The van der Waals surface area contributed by atoms with Gasteiger partial charge in [0.15, 0.2) is 5.96 Å². The minimum Gasteiger partial charge on any atom is -0.356 e. The number of aromatic nitrogens is 3. The lowest BCUT2D eigenvalue weighted by atomic mass is 10.4. The van der Waals surface area contributed by atoms with Crippen molar-refractivity contribution in [3.8, 4) is 0 Å². The van der Waals surface area contributed by atoms with E-state index in [0.717, 1.165) is 75.9 Å². The Hall–Kier alpha value is -1.77.